The molecule has 0 unspecified atom stereocenters. The van der Waals surface area contributed by atoms with Crippen molar-refractivity contribution in [3.05, 3.63) is 28.3 Å². The highest BCUT2D eigenvalue weighted by Crippen LogP contribution is 2.30. The molecule has 80 valence electrons. The molecule has 0 fully saturated rings. The molecule has 0 aliphatic carbocycles. The van der Waals surface area contributed by atoms with Gasteiger partial charge in [0.25, 0.3) is 0 Å². The first-order chi connectivity index (χ1) is 7.11. The van der Waals surface area contributed by atoms with Crippen LogP contribution in [0.3, 0.4) is 0 Å². The summed E-state index contributed by atoms with van der Waals surface area (Å²) in [5.74, 6) is 0.947. The Balaban J connectivity index is 3.24. The maximum Gasteiger partial charge on any atom is 0.125 e. The minimum absolute atomic E-state index is 0.541. The highest BCUT2D eigenvalue weighted by Gasteiger charge is 2.11. The van der Waals surface area contributed by atoms with Gasteiger partial charge in [0.05, 0.1) is 13.2 Å². The molecule has 0 atom stereocenters. The largest absolute Gasteiger partial charge is 0.496 e. The summed E-state index contributed by atoms with van der Waals surface area (Å²) in [4.78, 5) is 0. The molecule has 2 nitrogen and oxygen atoms in total. The number of nitrogens with zero attached hydrogens (tertiary/aromatic N) is 1. The third-order valence-corrected chi connectivity index (χ3v) is 2.81. The minimum atomic E-state index is 0.541. The van der Waals surface area contributed by atoms with Crippen molar-refractivity contribution in [3.63, 3.8) is 0 Å². The molecule has 2 heteroatoms. The molecule has 0 bridgehead atoms. The van der Waals surface area contributed by atoms with Gasteiger partial charge in [-0.2, -0.15) is 5.26 Å². The van der Waals surface area contributed by atoms with Crippen LogP contribution >= 0.6 is 0 Å². The van der Waals surface area contributed by atoms with Gasteiger partial charge in [0, 0.05) is 6.42 Å². The zero-order valence-electron chi connectivity index (χ0n) is 9.85. The van der Waals surface area contributed by atoms with Gasteiger partial charge < -0.3 is 4.74 Å². The van der Waals surface area contributed by atoms with Gasteiger partial charge in [0.2, 0.25) is 0 Å². The van der Waals surface area contributed by atoms with Crippen molar-refractivity contribution in [2.75, 3.05) is 7.11 Å². The lowest BCUT2D eigenvalue weighted by Gasteiger charge is -2.15. The Labute approximate surface area is 91.5 Å². The minimum Gasteiger partial charge on any atom is -0.496 e. The topological polar surface area (TPSA) is 33.0 Å². The van der Waals surface area contributed by atoms with Gasteiger partial charge in [-0.3, -0.25) is 0 Å². The Morgan fingerprint density at radius 1 is 1.27 bits per heavy atom. The van der Waals surface area contributed by atoms with Crippen molar-refractivity contribution in [1.82, 2.24) is 0 Å². The predicted molar refractivity (Wildman–Crippen MR) is 61.1 cm³/mol. The van der Waals surface area contributed by atoms with Crippen molar-refractivity contribution in [1.29, 1.82) is 5.26 Å². The molecule has 15 heavy (non-hydrogen) atoms. The van der Waals surface area contributed by atoms with Crippen LogP contribution in [0, 0.1) is 32.1 Å². The number of rotatable bonds is 3. The number of methoxy groups -OCH3 is 1. The number of nitriles is 1. The second kappa shape index (κ2) is 4.84. The van der Waals surface area contributed by atoms with Crippen LogP contribution in [0.4, 0.5) is 0 Å². The maximum absolute atomic E-state index is 8.62. The average molecular weight is 203 g/mol. The molecule has 1 rings (SSSR count). The van der Waals surface area contributed by atoms with Crippen molar-refractivity contribution in [2.45, 2.75) is 33.6 Å². The summed E-state index contributed by atoms with van der Waals surface area (Å²) in [6.45, 7) is 6.21. The van der Waals surface area contributed by atoms with E-state index in [0.717, 1.165) is 12.2 Å². The van der Waals surface area contributed by atoms with Gasteiger partial charge in [0.1, 0.15) is 5.75 Å². The molecule has 0 aromatic heterocycles. The summed E-state index contributed by atoms with van der Waals surface area (Å²) in [6, 6.07) is 4.33. The Morgan fingerprint density at radius 2 is 1.93 bits per heavy atom. The van der Waals surface area contributed by atoms with Crippen LogP contribution in [0.25, 0.3) is 0 Å². The van der Waals surface area contributed by atoms with Crippen molar-refractivity contribution in [2.24, 2.45) is 0 Å². The maximum atomic E-state index is 8.62. The first-order valence-electron chi connectivity index (χ1n) is 5.12. The van der Waals surface area contributed by atoms with E-state index in [1.165, 1.54) is 22.3 Å². The van der Waals surface area contributed by atoms with E-state index in [1.807, 2.05) is 0 Å². The molecule has 0 aliphatic rings. The van der Waals surface area contributed by atoms with Gasteiger partial charge >= 0.3 is 0 Å². The van der Waals surface area contributed by atoms with E-state index in [2.05, 4.69) is 32.9 Å². The number of hydrogen-bond donors (Lipinski definition) is 0. The lowest BCUT2D eigenvalue weighted by atomic mass is 9.96. The van der Waals surface area contributed by atoms with E-state index in [-0.39, 0.29) is 0 Å². The fourth-order valence-corrected chi connectivity index (χ4v) is 1.87. The predicted octanol–water partition coefficient (Wildman–Crippen LogP) is 3.08. The van der Waals surface area contributed by atoms with Crippen LogP contribution in [0.1, 0.15) is 28.7 Å². The van der Waals surface area contributed by atoms with Crippen molar-refractivity contribution >= 4 is 0 Å². The zero-order valence-corrected chi connectivity index (χ0v) is 9.85. The Kier molecular flexibility index (Phi) is 3.74. The van der Waals surface area contributed by atoms with E-state index in [1.54, 1.807) is 7.11 Å². The monoisotopic (exact) mass is 203 g/mol. The number of aryl methyl sites for hydroxylation is 2. The molecule has 0 spiro atoms. The molecule has 0 radical (unpaired) electrons. The highest BCUT2D eigenvalue weighted by molar-refractivity contribution is 5.49. The summed E-state index contributed by atoms with van der Waals surface area (Å²) in [7, 11) is 1.69. The third kappa shape index (κ3) is 2.30. The summed E-state index contributed by atoms with van der Waals surface area (Å²) in [5, 5.41) is 8.62. The lowest BCUT2D eigenvalue weighted by molar-refractivity contribution is 0.405. The Bertz CT molecular complexity index is 402. The molecular formula is C13H17NO. The number of ether oxygens (including phenoxy) is 1. The highest BCUT2D eigenvalue weighted by atomic mass is 16.5. The molecule has 1 aromatic rings. The molecule has 1 aromatic carbocycles. The average Bonchev–Trinajstić information content (AvgIpc) is 2.21. The van der Waals surface area contributed by atoms with E-state index < -0.39 is 0 Å². The first-order valence-corrected chi connectivity index (χ1v) is 5.12. The quantitative estimate of drug-likeness (QED) is 0.756. The third-order valence-electron chi connectivity index (χ3n) is 2.81. The van der Waals surface area contributed by atoms with Gasteiger partial charge in [0.15, 0.2) is 0 Å². The van der Waals surface area contributed by atoms with E-state index in [0.29, 0.717) is 6.42 Å². The summed E-state index contributed by atoms with van der Waals surface area (Å²) in [6.07, 6.45) is 1.31. The fourth-order valence-electron chi connectivity index (χ4n) is 1.87. The summed E-state index contributed by atoms with van der Waals surface area (Å²) in [5.41, 5.74) is 4.80. The molecule has 0 N–H and O–H groups in total. The molecule has 0 heterocycles. The second-order valence-corrected chi connectivity index (χ2v) is 3.81. The Morgan fingerprint density at radius 3 is 2.47 bits per heavy atom. The summed E-state index contributed by atoms with van der Waals surface area (Å²) < 4.78 is 5.43. The van der Waals surface area contributed by atoms with Crippen LogP contribution < -0.4 is 4.74 Å². The SMILES string of the molecule is COc1c(C)c(C)cc(C)c1CCC#N. The zero-order chi connectivity index (χ0) is 11.4. The first kappa shape index (κ1) is 11.6. The fraction of sp³-hybridized carbons (Fsp3) is 0.462. The van der Waals surface area contributed by atoms with Gasteiger partial charge in [-0.15, -0.1) is 0 Å². The molecule has 0 saturated carbocycles. The van der Waals surface area contributed by atoms with Gasteiger partial charge in [-0.1, -0.05) is 6.07 Å². The molecular weight excluding hydrogens is 186 g/mol. The van der Waals surface area contributed by atoms with Crippen LogP contribution in [-0.4, -0.2) is 7.11 Å². The van der Waals surface area contributed by atoms with E-state index in [9.17, 15) is 0 Å². The van der Waals surface area contributed by atoms with Crippen LogP contribution in [0.15, 0.2) is 6.07 Å². The van der Waals surface area contributed by atoms with E-state index >= 15 is 0 Å². The van der Waals surface area contributed by atoms with Crippen LogP contribution in [0.5, 0.6) is 5.75 Å². The smallest absolute Gasteiger partial charge is 0.125 e. The molecule has 0 saturated heterocycles. The van der Waals surface area contributed by atoms with Crippen LogP contribution in [0.2, 0.25) is 0 Å². The number of hydrogen-bond acceptors (Lipinski definition) is 2. The lowest BCUT2D eigenvalue weighted by Crippen LogP contribution is -2.00. The van der Waals surface area contributed by atoms with Gasteiger partial charge in [-0.25, -0.2) is 0 Å². The standard InChI is InChI=1S/C13H17NO/c1-9-8-10(2)12(6-5-7-14)13(15-4)11(9)3/h8H,5-6H2,1-4H3. The van der Waals surface area contributed by atoms with E-state index in [4.69, 9.17) is 10.00 Å². The normalized spacial score (nSPS) is 9.80. The van der Waals surface area contributed by atoms with Crippen molar-refractivity contribution in [3.8, 4) is 11.8 Å². The molecule has 0 amide bonds. The van der Waals surface area contributed by atoms with Crippen molar-refractivity contribution < 1.29 is 4.74 Å². The second-order valence-electron chi connectivity index (χ2n) is 3.81. The van der Waals surface area contributed by atoms with Crippen LogP contribution in [-0.2, 0) is 6.42 Å². The Hall–Kier alpha value is -1.49. The molecule has 0 aliphatic heterocycles. The number of benzene rings is 1. The van der Waals surface area contributed by atoms with Gasteiger partial charge in [-0.05, 0) is 49.4 Å². The summed E-state index contributed by atoms with van der Waals surface area (Å²) >= 11 is 0.